The Morgan fingerprint density at radius 3 is 2.50 bits per heavy atom. The first-order chi connectivity index (χ1) is 10.6. The van der Waals surface area contributed by atoms with Crippen LogP contribution in [-0.4, -0.2) is 37.1 Å². The van der Waals surface area contributed by atoms with E-state index in [4.69, 9.17) is 10.5 Å². The number of carbonyl (C=O) groups excluding carboxylic acids is 2. The van der Waals surface area contributed by atoms with Gasteiger partial charge < -0.3 is 20.7 Å². The van der Waals surface area contributed by atoms with Crippen molar-refractivity contribution in [1.82, 2.24) is 0 Å². The van der Waals surface area contributed by atoms with Crippen LogP contribution in [0.2, 0.25) is 0 Å². The molecule has 3 rings (SSSR count). The van der Waals surface area contributed by atoms with Gasteiger partial charge in [0.2, 0.25) is 11.8 Å². The van der Waals surface area contributed by atoms with E-state index in [1.807, 2.05) is 24.3 Å². The molecule has 2 aliphatic rings. The van der Waals surface area contributed by atoms with Gasteiger partial charge in [-0.2, -0.15) is 0 Å². The van der Waals surface area contributed by atoms with Crippen LogP contribution in [0.4, 0.5) is 11.4 Å². The van der Waals surface area contributed by atoms with Crippen LogP contribution >= 0.6 is 0 Å². The monoisotopic (exact) mass is 303 g/mol. The van der Waals surface area contributed by atoms with Gasteiger partial charge in [-0.1, -0.05) is 0 Å². The minimum absolute atomic E-state index is 0.153. The van der Waals surface area contributed by atoms with Crippen LogP contribution in [-0.2, 0) is 14.3 Å². The fraction of sp³-hybridized carbons (Fsp3) is 0.500. The van der Waals surface area contributed by atoms with E-state index in [-0.39, 0.29) is 11.8 Å². The van der Waals surface area contributed by atoms with Crippen molar-refractivity contribution in [2.75, 3.05) is 30.0 Å². The normalized spacial score (nSPS) is 21.0. The Bertz CT molecular complexity index is 565. The third-order valence-electron chi connectivity index (χ3n) is 4.35. The molecule has 0 spiro atoms. The van der Waals surface area contributed by atoms with E-state index < -0.39 is 5.54 Å². The summed E-state index contributed by atoms with van der Waals surface area (Å²) in [6.45, 7) is 1.79. The summed E-state index contributed by atoms with van der Waals surface area (Å²) in [5, 5.41) is 2.86. The molecule has 0 radical (unpaired) electrons. The fourth-order valence-electron chi connectivity index (χ4n) is 2.86. The van der Waals surface area contributed by atoms with Crippen molar-refractivity contribution in [1.29, 1.82) is 0 Å². The lowest BCUT2D eigenvalue weighted by molar-refractivity contribution is -0.124. The van der Waals surface area contributed by atoms with Crippen molar-refractivity contribution in [3.8, 4) is 0 Å². The van der Waals surface area contributed by atoms with Gasteiger partial charge in [0, 0.05) is 37.6 Å². The van der Waals surface area contributed by atoms with Crippen molar-refractivity contribution in [2.45, 2.75) is 31.2 Å². The molecule has 0 aliphatic carbocycles. The Labute approximate surface area is 129 Å². The van der Waals surface area contributed by atoms with Crippen LogP contribution in [0.3, 0.4) is 0 Å². The standard InChI is InChI=1S/C16H21N3O3/c17-16(7-10-22-11-8-16)15(21)18-12-3-5-13(6-4-12)19-9-1-2-14(19)20/h3-6H,1-2,7-11,17H2,(H,18,21). The molecule has 0 unspecified atom stereocenters. The van der Waals surface area contributed by atoms with Crippen molar-refractivity contribution < 1.29 is 14.3 Å². The highest BCUT2D eigenvalue weighted by atomic mass is 16.5. The van der Waals surface area contributed by atoms with Crippen LogP contribution in [0, 0.1) is 0 Å². The van der Waals surface area contributed by atoms with Crippen LogP contribution in [0.15, 0.2) is 24.3 Å². The van der Waals surface area contributed by atoms with Gasteiger partial charge in [-0.15, -0.1) is 0 Å². The lowest BCUT2D eigenvalue weighted by Gasteiger charge is -2.31. The smallest absolute Gasteiger partial charge is 0.244 e. The van der Waals surface area contributed by atoms with Crippen LogP contribution in [0.25, 0.3) is 0 Å². The van der Waals surface area contributed by atoms with E-state index in [2.05, 4.69) is 5.32 Å². The molecular weight excluding hydrogens is 282 g/mol. The lowest BCUT2D eigenvalue weighted by atomic mass is 9.90. The molecule has 118 valence electrons. The number of nitrogens with one attached hydrogen (secondary N) is 1. The molecule has 22 heavy (non-hydrogen) atoms. The summed E-state index contributed by atoms with van der Waals surface area (Å²) in [5.74, 6) is -0.0271. The first kappa shape index (κ1) is 15.0. The summed E-state index contributed by atoms with van der Waals surface area (Å²) in [5.41, 5.74) is 6.85. The van der Waals surface area contributed by atoms with Gasteiger partial charge in [0.05, 0.1) is 0 Å². The number of ether oxygens (including phenoxy) is 1. The maximum Gasteiger partial charge on any atom is 0.244 e. The summed E-state index contributed by atoms with van der Waals surface area (Å²) < 4.78 is 5.25. The van der Waals surface area contributed by atoms with E-state index >= 15 is 0 Å². The maximum atomic E-state index is 12.3. The summed E-state index contributed by atoms with van der Waals surface area (Å²) in [7, 11) is 0. The second kappa shape index (κ2) is 6.06. The Morgan fingerprint density at radius 2 is 1.91 bits per heavy atom. The summed E-state index contributed by atoms with van der Waals surface area (Å²) in [4.78, 5) is 25.8. The SMILES string of the molecule is NC1(C(=O)Nc2ccc(N3CCCC3=O)cc2)CCOCC1. The second-order valence-corrected chi connectivity index (χ2v) is 5.92. The number of hydrogen-bond acceptors (Lipinski definition) is 4. The van der Waals surface area contributed by atoms with Gasteiger partial charge in [0.25, 0.3) is 0 Å². The molecule has 0 aromatic heterocycles. The number of anilines is 2. The fourth-order valence-corrected chi connectivity index (χ4v) is 2.86. The van der Waals surface area contributed by atoms with E-state index in [1.165, 1.54) is 0 Å². The molecule has 0 bridgehead atoms. The molecule has 6 nitrogen and oxygen atoms in total. The van der Waals surface area contributed by atoms with Gasteiger partial charge in [-0.3, -0.25) is 9.59 Å². The van der Waals surface area contributed by atoms with Crippen LogP contribution < -0.4 is 16.0 Å². The minimum atomic E-state index is -0.859. The van der Waals surface area contributed by atoms with Crippen LogP contribution in [0.1, 0.15) is 25.7 Å². The van der Waals surface area contributed by atoms with E-state index in [0.717, 1.165) is 18.7 Å². The quantitative estimate of drug-likeness (QED) is 0.880. The number of nitrogens with zero attached hydrogens (tertiary/aromatic N) is 1. The number of amides is 2. The van der Waals surface area contributed by atoms with Gasteiger partial charge in [0.15, 0.2) is 0 Å². The number of rotatable bonds is 3. The van der Waals surface area contributed by atoms with E-state index in [0.29, 0.717) is 38.2 Å². The first-order valence-corrected chi connectivity index (χ1v) is 7.67. The average molecular weight is 303 g/mol. The number of benzene rings is 1. The molecule has 2 saturated heterocycles. The zero-order chi connectivity index (χ0) is 15.6. The molecular formula is C16H21N3O3. The minimum Gasteiger partial charge on any atom is -0.381 e. The zero-order valence-electron chi connectivity index (χ0n) is 12.5. The number of nitrogens with two attached hydrogens (primary N) is 1. The molecule has 3 N–H and O–H groups in total. The third-order valence-corrected chi connectivity index (χ3v) is 4.35. The molecule has 1 aromatic carbocycles. The Morgan fingerprint density at radius 1 is 1.23 bits per heavy atom. The number of carbonyl (C=O) groups is 2. The van der Waals surface area contributed by atoms with E-state index in [1.54, 1.807) is 4.90 Å². The Balaban J connectivity index is 1.65. The highest BCUT2D eigenvalue weighted by Crippen LogP contribution is 2.24. The maximum absolute atomic E-state index is 12.3. The molecule has 1 aromatic rings. The van der Waals surface area contributed by atoms with Crippen LogP contribution in [0.5, 0.6) is 0 Å². The molecule has 0 saturated carbocycles. The lowest BCUT2D eigenvalue weighted by Crippen LogP contribution is -2.54. The molecule has 2 heterocycles. The second-order valence-electron chi connectivity index (χ2n) is 5.92. The zero-order valence-corrected chi connectivity index (χ0v) is 12.5. The molecule has 2 fully saturated rings. The van der Waals surface area contributed by atoms with Crippen molar-refractivity contribution >= 4 is 23.2 Å². The molecule has 6 heteroatoms. The van der Waals surface area contributed by atoms with Gasteiger partial charge in [0.1, 0.15) is 5.54 Å². The number of hydrogen-bond donors (Lipinski definition) is 2. The Kier molecular flexibility index (Phi) is 4.13. The predicted molar refractivity (Wildman–Crippen MR) is 83.6 cm³/mol. The molecule has 2 amide bonds. The molecule has 0 atom stereocenters. The third kappa shape index (κ3) is 2.98. The summed E-state index contributed by atoms with van der Waals surface area (Å²) >= 11 is 0. The van der Waals surface area contributed by atoms with Gasteiger partial charge in [-0.05, 0) is 43.5 Å². The largest absolute Gasteiger partial charge is 0.381 e. The van der Waals surface area contributed by atoms with E-state index in [9.17, 15) is 9.59 Å². The van der Waals surface area contributed by atoms with Gasteiger partial charge in [-0.25, -0.2) is 0 Å². The predicted octanol–water partition coefficient (Wildman–Crippen LogP) is 1.26. The molecule has 2 aliphatic heterocycles. The Hall–Kier alpha value is -1.92. The van der Waals surface area contributed by atoms with Crippen molar-refractivity contribution in [2.24, 2.45) is 5.73 Å². The van der Waals surface area contributed by atoms with Gasteiger partial charge >= 0.3 is 0 Å². The van der Waals surface area contributed by atoms with Crippen molar-refractivity contribution in [3.63, 3.8) is 0 Å². The van der Waals surface area contributed by atoms with Crippen molar-refractivity contribution in [3.05, 3.63) is 24.3 Å². The summed E-state index contributed by atoms with van der Waals surface area (Å²) in [6, 6.07) is 7.32. The first-order valence-electron chi connectivity index (χ1n) is 7.67. The average Bonchev–Trinajstić information content (AvgIpc) is 2.95. The topological polar surface area (TPSA) is 84.7 Å². The summed E-state index contributed by atoms with van der Waals surface area (Å²) in [6.07, 6.45) is 2.56. The highest BCUT2D eigenvalue weighted by molar-refractivity contribution is 5.99. The highest BCUT2D eigenvalue weighted by Gasteiger charge is 2.35.